The third kappa shape index (κ3) is 4.40. The van der Waals surface area contributed by atoms with E-state index in [1.807, 2.05) is 0 Å². The molecule has 26 heavy (non-hydrogen) atoms. The van der Waals surface area contributed by atoms with E-state index in [9.17, 15) is 13.2 Å². The van der Waals surface area contributed by atoms with Crippen molar-refractivity contribution in [2.24, 2.45) is 0 Å². The fourth-order valence-electron chi connectivity index (χ4n) is 2.74. The quantitative estimate of drug-likeness (QED) is 0.772. The predicted molar refractivity (Wildman–Crippen MR) is 98.7 cm³/mol. The highest BCUT2D eigenvalue weighted by atomic mass is 32.2. The monoisotopic (exact) mass is 395 g/mol. The number of hydrogen-bond acceptors (Lipinski definition) is 6. The first kappa shape index (κ1) is 18.8. The molecule has 1 aliphatic heterocycles. The number of methoxy groups -OCH3 is 1. The number of ether oxygens (including phenoxy) is 1. The lowest BCUT2D eigenvalue weighted by atomic mass is 10.2. The van der Waals surface area contributed by atoms with Crippen LogP contribution in [0.3, 0.4) is 0 Å². The molecule has 7 nitrogen and oxygen atoms in total. The number of rotatable bonds is 7. The maximum Gasteiger partial charge on any atom is 0.252 e. The molecule has 0 unspecified atom stereocenters. The van der Waals surface area contributed by atoms with Crippen molar-refractivity contribution in [3.63, 3.8) is 0 Å². The van der Waals surface area contributed by atoms with Gasteiger partial charge in [0.25, 0.3) is 10.0 Å². The van der Waals surface area contributed by atoms with Crippen LogP contribution < -0.4 is 10.1 Å². The molecule has 1 aliphatic rings. The molecule has 2 aromatic rings. The van der Waals surface area contributed by atoms with Gasteiger partial charge in [0.15, 0.2) is 0 Å². The van der Waals surface area contributed by atoms with Crippen molar-refractivity contribution in [2.75, 3.05) is 20.2 Å². The molecule has 1 N–H and O–H groups in total. The highest BCUT2D eigenvalue weighted by Gasteiger charge is 2.28. The Morgan fingerprint density at radius 1 is 1.31 bits per heavy atom. The average molecular weight is 396 g/mol. The van der Waals surface area contributed by atoms with Crippen LogP contribution in [0.2, 0.25) is 0 Å². The fraction of sp³-hybridized carbons (Fsp3) is 0.412. The van der Waals surface area contributed by atoms with Crippen molar-refractivity contribution in [1.82, 2.24) is 14.6 Å². The third-order valence-electron chi connectivity index (χ3n) is 4.13. The predicted octanol–water partition coefficient (Wildman–Crippen LogP) is 1.80. The van der Waals surface area contributed by atoms with Crippen LogP contribution in [0.4, 0.5) is 0 Å². The van der Waals surface area contributed by atoms with Gasteiger partial charge < -0.3 is 10.1 Å². The molecule has 0 bridgehead atoms. The maximum absolute atomic E-state index is 12.5. The molecule has 0 aliphatic carbocycles. The van der Waals surface area contributed by atoms with E-state index >= 15 is 0 Å². The van der Waals surface area contributed by atoms with Crippen LogP contribution in [0.5, 0.6) is 5.88 Å². The van der Waals surface area contributed by atoms with Crippen LogP contribution in [-0.4, -0.2) is 43.8 Å². The fourth-order valence-corrected chi connectivity index (χ4v) is 5.77. The van der Waals surface area contributed by atoms with Gasteiger partial charge in [-0.2, -0.15) is 4.31 Å². The molecular formula is C17H21N3O4S2. The van der Waals surface area contributed by atoms with E-state index in [1.165, 1.54) is 11.4 Å². The summed E-state index contributed by atoms with van der Waals surface area (Å²) in [5, 5.41) is 2.83. The summed E-state index contributed by atoms with van der Waals surface area (Å²) >= 11 is 1.16. The minimum absolute atomic E-state index is 0.155. The standard InChI is InChI=1S/C17H21N3O4S2/c1-24-16-10-13(6-7-18-16)12-19-15(21)11-14-4-5-17(25-14)26(22,23)20-8-2-3-9-20/h4-7,10H,2-3,8-9,11-12H2,1H3,(H,19,21). The summed E-state index contributed by atoms with van der Waals surface area (Å²) in [5.74, 6) is 0.333. The van der Waals surface area contributed by atoms with Gasteiger partial charge in [-0.15, -0.1) is 11.3 Å². The van der Waals surface area contributed by atoms with Gasteiger partial charge in [0, 0.05) is 36.8 Å². The summed E-state index contributed by atoms with van der Waals surface area (Å²) in [4.78, 5) is 16.9. The summed E-state index contributed by atoms with van der Waals surface area (Å²) in [7, 11) is -1.88. The molecule has 1 saturated heterocycles. The summed E-state index contributed by atoms with van der Waals surface area (Å²) in [6, 6.07) is 6.86. The van der Waals surface area contributed by atoms with Gasteiger partial charge in [-0.05, 0) is 36.6 Å². The van der Waals surface area contributed by atoms with E-state index < -0.39 is 10.0 Å². The minimum Gasteiger partial charge on any atom is -0.481 e. The van der Waals surface area contributed by atoms with E-state index in [0.717, 1.165) is 34.6 Å². The Bertz CT molecular complexity index is 874. The number of carbonyl (C=O) groups is 1. The summed E-state index contributed by atoms with van der Waals surface area (Å²) in [6.07, 6.45) is 3.58. The number of hydrogen-bond donors (Lipinski definition) is 1. The van der Waals surface area contributed by atoms with Crippen LogP contribution >= 0.6 is 11.3 Å². The molecule has 140 valence electrons. The van der Waals surface area contributed by atoms with Crippen LogP contribution in [0.1, 0.15) is 23.3 Å². The number of nitrogens with zero attached hydrogens (tertiary/aromatic N) is 2. The van der Waals surface area contributed by atoms with Gasteiger partial charge in [-0.1, -0.05) is 0 Å². The molecule has 1 amide bonds. The highest BCUT2D eigenvalue weighted by Crippen LogP contribution is 2.27. The SMILES string of the molecule is COc1cc(CNC(=O)Cc2ccc(S(=O)(=O)N3CCCC3)s2)ccn1. The number of amides is 1. The van der Waals surface area contributed by atoms with E-state index in [2.05, 4.69) is 10.3 Å². The zero-order valence-corrected chi connectivity index (χ0v) is 16.1. The topological polar surface area (TPSA) is 88.6 Å². The smallest absolute Gasteiger partial charge is 0.252 e. The zero-order chi connectivity index (χ0) is 18.6. The highest BCUT2D eigenvalue weighted by molar-refractivity contribution is 7.91. The largest absolute Gasteiger partial charge is 0.481 e. The molecule has 0 atom stereocenters. The molecule has 0 saturated carbocycles. The van der Waals surface area contributed by atoms with Crippen molar-refractivity contribution in [2.45, 2.75) is 30.0 Å². The molecular weight excluding hydrogens is 374 g/mol. The second kappa shape index (κ2) is 8.15. The first-order valence-corrected chi connectivity index (χ1v) is 10.6. The number of pyridine rings is 1. The van der Waals surface area contributed by atoms with Crippen LogP contribution in [0.15, 0.2) is 34.7 Å². The number of nitrogens with one attached hydrogen (secondary N) is 1. The Hall–Kier alpha value is -1.97. The van der Waals surface area contributed by atoms with Gasteiger partial charge >= 0.3 is 0 Å². The summed E-state index contributed by atoms with van der Waals surface area (Å²) in [5.41, 5.74) is 0.883. The Morgan fingerprint density at radius 3 is 2.81 bits per heavy atom. The Balaban J connectivity index is 1.57. The Kier molecular flexibility index (Phi) is 5.90. The van der Waals surface area contributed by atoms with Crippen LogP contribution in [0, 0.1) is 0 Å². The van der Waals surface area contributed by atoms with E-state index in [4.69, 9.17) is 4.74 Å². The number of aromatic nitrogens is 1. The molecule has 0 radical (unpaired) electrons. The van der Waals surface area contributed by atoms with Crippen molar-refractivity contribution in [3.8, 4) is 5.88 Å². The number of carbonyl (C=O) groups excluding carboxylic acids is 1. The Labute approximate surface area is 157 Å². The number of thiophene rings is 1. The number of sulfonamides is 1. The summed E-state index contributed by atoms with van der Waals surface area (Å²) < 4.78 is 31.9. The van der Waals surface area contributed by atoms with Crippen molar-refractivity contribution < 1.29 is 17.9 Å². The average Bonchev–Trinajstić information content (AvgIpc) is 3.32. The van der Waals surface area contributed by atoms with Crippen molar-refractivity contribution in [3.05, 3.63) is 40.9 Å². The van der Waals surface area contributed by atoms with E-state index in [0.29, 0.717) is 29.7 Å². The van der Waals surface area contributed by atoms with Gasteiger partial charge in [0.1, 0.15) is 4.21 Å². The second-order valence-corrected chi connectivity index (χ2v) is 9.32. The van der Waals surface area contributed by atoms with E-state index in [-0.39, 0.29) is 12.3 Å². The first-order valence-electron chi connectivity index (χ1n) is 8.33. The molecule has 0 spiro atoms. The van der Waals surface area contributed by atoms with Gasteiger partial charge in [0.2, 0.25) is 11.8 Å². The summed E-state index contributed by atoms with van der Waals surface area (Å²) in [6.45, 7) is 1.51. The van der Waals surface area contributed by atoms with Crippen LogP contribution in [-0.2, 0) is 27.8 Å². The lowest BCUT2D eigenvalue weighted by molar-refractivity contribution is -0.120. The molecule has 3 rings (SSSR count). The molecule has 3 heterocycles. The lowest BCUT2D eigenvalue weighted by Gasteiger charge is -2.13. The Morgan fingerprint density at radius 2 is 2.08 bits per heavy atom. The van der Waals surface area contributed by atoms with Gasteiger partial charge in [-0.3, -0.25) is 4.79 Å². The van der Waals surface area contributed by atoms with Crippen LogP contribution in [0.25, 0.3) is 0 Å². The molecule has 0 aromatic carbocycles. The zero-order valence-electron chi connectivity index (χ0n) is 14.5. The van der Waals surface area contributed by atoms with Gasteiger partial charge in [-0.25, -0.2) is 13.4 Å². The lowest BCUT2D eigenvalue weighted by Crippen LogP contribution is -2.27. The van der Waals surface area contributed by atoms with Crippen molar-refractivity contribution in [1.29, 1.82) is 0 Å². The van der Waals surface area contributed by atoms with E-state index in [1.54, 1.807) is 30.5 Å². The third-order valence-corrected chi connectivity index (χ3v) is 7.58. The minimum atomic E-state index is -3.42. The normalized spacial score (nSPS) is 15.1. The molecule has 1 fully saturated rings. The van der Waals surface area contributed by atoms with Crippen molar-refractivity contribution >= 4 is 27.3 Å². The molecule has 9 heteroatoms. The van der Waals surface area contributed by atoms with Gasteiger partial charge in [0.05, 0.1) is 13.5 Å². The maximum atomic E-state index is 12.5. The second-order valence-electron chi connectivity index (χ2n) is 5.99. The first-order chi connectivity index (χ1) is 12.5. The molecule has 2 aromatic heterocycles.